The SMILES string of the molecule is CN1CC(=O)N2CCN(C(=O)c3cnc4c(c3)ncn4C3CCCC3)CC2C1=O. The van der Waals surface area contributed by atoms with E-state index in [-0.39, 0.29) is 30.8 Å². The molecule has 0 bridgehead atoms. The molecule has 9 nitrogen and oxygen atoms in total. The van der Waals surface area contributed by atoms with Gasteiger partial charge in [0.1, 0.15) is 11.6 Å². The zero-order valence-corrected chi connectivity index (χ0v) is 16.5. The molecule has 2 aromatic rings. The van der Waals surface area contributed by atoms with Crippen LogP contribution < -0.4 is 0 Å². The van der Waals surface area contributed by atoms with E-state index in [1.54, 1.807) is 29.1 Å². The van der Waals surface area contributed by atoms with Gasteiger partial charge in [-0.3, -0.25) is 14.4 Å². The fourth-order valence-electron chi connectivity index (χ4n) is 4.77. The fourth-order valence-corrected chi connectivity index (χ4v) is 4.77. The van der Waals surface area contributed by atoms with Crippen LogP contribution in [0.5, 0.6) is 0 Å². The molecule has 4 heterocycles. The van der Waals surface area contributed by atoms with Crippen molar-refractivity contribution >= 4 is 28.9 Å². The zero-order valence-electron chi connectivity index (χ0n) is 16.5. The van der Waals surface area contributed by atoms with Crippen molar-refractivity contribution in [2.45, 2.75) is 37.8 Å². The Balaban J connectivity index is 1.37. The number of pyridine rings is 1. The standard InChI is InChI=1S/C20H24N6O3/c1-23-11-17(27)25-7-6-24(10-16(25)20(23)29)19(28)13-8-15-18(21-9-13)26(12-22-15)14-4-2-3-5-14/h8-9,12,14,16H,2-7,10-11H2,1H3. The van der Waals surface area contributed by atoms with Crippen molar-refractivity contribution in [3.8, 4) is 0 Å². The lowest BCUT2D eigenvalue weighted by molar-refractivity contribution is -0.157. The number of carbonyl (C=O) groups excluding carboxylic acids is 3. The summed E-state index contributed by atoms with van der Waals surface area (Å²) in [5, 5.41) is 0. The number of carbonyl (C=O) groups is 3. The molecule has 2 saturated heterocycles. The average Bonchev–Trinajstić information content (AvgIpc) is 3.40. The molecule has 0 spiro atoms. The number of fused-ring (bicyclic) bond motifs is 2. The molecule has 9 heteroatoms. The van der Waals surface area contributed by atoms with Gasteiger partial charge in [-0.2, -0.15) is 0 Å². The normalized spacial score (nSPS) is 23.2. The van der Waals surface area contributed by atoms with E-state index >= 15 is 0 Å². The van der Waals surface area contributed by atoms with Gasteiger partial charge in [0.2, 0.25) is 11.8 Å². The third-order valence-corrected chi connectivity index (χ3v) is 6.40. The van der Waals surface area contributed by atoms with E-state index in [9.17, 15) is 14.4 Å². The van der Waals surface area contributed by atoms with Gasteiger partial charge in [-0.1, -0.05) is 12.8 Å². The van der Waals surface area contributed by atoms with E-state index < -0.39 is 6.04 Å². The molecule has 0 N–H and O–H groups in total. The van der Waals surface area contributed by atoms with Crippen LogP contribution in [0.25, 0.3) is 11.2 Å². The van der Waals surface area contributed by atoms with Crippen LogP contribution in [0.3, 0.4) is 0 Å². The van der Waals surface area contributed by atoms with Crippen LogP contribution in [0, 0.1) is 0 Å². The van der Waals surface area contributed by atoms with E-state index in [1.165, 1.54) is 17.7 Å². The van der Waals surface area contributed by atoms with Gasteiger partial charge in [0.15, 0.2) is 5.65 Å². The zero-order chi connectivity index (χ0) is 20.1. The number of imidazole rings is 1. The van der Waals surface area contributed by atoms with Crippen LogP contribution in [0.15, 0.2) is 18.6 Å². The first-order valence-corrected chi connectivity index (χ1v) is 10.2. The molecule has 5 rings (SSSR count). The highest BCUT2D eigenvalue weighted by Crippen LogP contribution is 2.31. The third-order valence-electron chi connectivity index (χ3n) is 6.40. The van der Waals surface area contributed by atoms with Gasteiger partial charge in [-0.25, -0.2) is 9.97 Å². The minimum atomic E-state index is -0.600. The number of hydrogen-bond donors (Lipinski definition) is 0. The Morgan fingerprint density at radius 3 is 2.72 bits per heavy atom. The van der Waals surface area contributed by atoms with Crippen LogP contribution in [0.2, 0.25) is 0 Å². The lowest BCUT2D eigenvalue weighted by atomic mass is 10.1. The molecule has 2 aliphatic heterocycles. The molecular formula is C20H24N6O3. The summed E-state index contributed by atoms with van der Waals surface area (Å²) in [5.74, 6) is -0.362. The molecule has 3 aliphatic rings. The Hall–Kier alpha value is -2.97. The van der Waals surface area contributed by atoms with Gasteiger partial charge >= 0.3 is 0 Å². The van der Waals surface area contributed by atoms with Crippen molar-refractivity contribution in [3.63, 3.8) is 0 Å². The van der Waals surface area contributed by atoms with Crippen LogP contribution in [-0.4, -0.2) is 86.2 Å². The summed E-state index contributed by atoms with van der Waals surface area (Å²) in [4.78, 5) is 51.4. The molecule has 3 fully saturated rings. The molecule has 0 radical (unpaired) electrons. The number of rotatable bonds is 2. The smallest absolute Gasteiger partial charge is 0.255 e. The average molecular weight is 396 g/mol. The Bertz CT molecular complexity index is 995. The van der Waals surface area contributed by atoms with Gasteiger partial charge in [0.05, 0.1) is 25.0 Å². The quantitative estimate of drug-likeness (QED) is 0.744. The second kappa shape index (κ2) is 6.82. The maximum atomic E-state index is 13.1. The monoisotopic (exact) mass is 396 g/mol. The molecular weight excluding hydrogens is 372 g/mol. The van der Waals surface area contributed by atoms with E-state index in [1.807, 2.05) is 6.33 Å². The highest BCUT2D eigenvalue weighted by atomic mass is 16.2. The summed E-state index contributed by atoms with van der Waals surface area (Å²) in [5.41, 5.74) is 1.99. The summed E-state index contributed by atoms with van der Waals surface area (Å²) in [6, 6.07) is 1.62. The van der Waals surface area contributed by atoms with E-state index in [4.69, 9.17) is 0 Å². The van der Waals surface area contributed by atoms with Crippen LogP contribution in [0.4, 0.5) is 0 Å². The van der Waals surface area contributed by atoms with Crippen molar-refractivity contribution < 1.29 is 14.4 Å². The van der Waals surface area contributed by atoms with Crippen LogP contribution >= 0.6 is 0 Å². The van der Waals surface area contributed by atoms with Crippen molar-refractivity contribution in [1.82, 2.24) is 29.2 Å². The lowest BCUT2D eigenvalue weighted by Gasteiger charge is -2.45. The summed E-state index contributed by atoms with van der Waals surface area (Å²) < 4.78 is 2.12. The van der Waals surface area contributed by atoms with Crippen molar-refractivity contribution in [1.29, 1.82) is 0 Å². The second-order valence-electron chi connectivity index (χ2n) is 8.21. The van der Waals surface area contributed by atoms with Gasteiger partial charge in [-0.15, -0.1) is 0 Å². The van der Waals surface area contributed by atoms with Crippen molar-refractivity contribution in [2.24, 2.45) is 0 Å². The fraction of sp³-hybridized carbons (Fsp3) is 0.550. The highest BCUT2D eigenvalue weighted by molar-refractivity contribution is 5.99. The highest BCUT2D eigenvalue weighted by Gasteiger charge is 2.42. The van der Waals surface area contributed by atoms with Crippen LogP contribution in [0.1, 0.15) is 42.1 Å². The summed E-state index contributed by atoms with van der Waals surface area (Å²) in [7, 11) is 1.62. The molecule has 1 atom stereocenters. The first kappa shape index (κ1) is 18.1. The number of piperazine rings is 2. The maximum absolute atomic E-state index is 13.1. The molecule has 3 amide bonds. The number of hydrogen-bond acceptors (Lipinski definition) is 5. The predicted molar refractivity (Wildman–Crippen MR) is 104 cm³/mol. The number of likely N-dealkylation sites (N-methyl/N-ethyl adjacent to an activating group) is 1. The number of nitrogens with zero attached hydrogens (tertiary/aromatic N) is 6. The summed E-state index contributed by atoms with van der Waals surface area (Å²) in [6.07, 6.45) is 8.16. The van der Waals surface area contributed by atoms with E-state index in [0.29, 0.717) is 30.2 Å². The van der Waals surface area contributed by atoms with E-state index in [2.05, 4.69) is 14.5 Å². The van der Waals surface area contributed by atoms with Gasteiger partial charge in [0, 0.05) is 32.4 Å². The topological polar surface area (TPSA) is 91.6 Å². The Kier molecular flexibility index (Phi) is 4.25. The minimum Gasteiger partial charge on any atom is -0.335 e. The number of amides is 3. The second-order valence-corrected chi connectivity index (χ2v) is 8.21. The Labute approximate surface area is 168 Å². The third kappa shape index (κ3) is 2.95. The number of aromatic nitrogens is 3. The molecule has 1 unspecified atom stereocenters. The molecule has 1 aliphatic carbocycles. The van der Waals surface area contributed by atoms with Gasteiger partial charge in [-0.05, 0) is 18.9 Å². The molecule has 29 heavy (non-hydrogen) atoms. The minimum absolute atomic E-state index is 0.0651. The summed E-state index contributed by atoms with van der Waals surface area (Å²) >= 11 is 0. The lowest BCUT2D eigenvalue weighted by Crippen LogP contribution is -2.66. The Morgan fingerprint density at radius 2 is 1.93 bits per heavy atom. The van der Waals surface area contributed by atoms with Crippen molar-refractivity contribution in [2.75, 3.05) is 33.2 Å². The van der Waals surface area contributed by atoms with E-state index in [0.717, 1.165) is 18.5 Å². The first-order chi connectivity index (χ1) is 14.0. The molecule has 2 aromatic heterocycles. The molecule has 1 saturated carbocycles. The van der Waals surface area contributed by atoms with Crippen LogP contribution in [-0.2, 0) is 9.59 Å². The maximum Gasteiger partial charge on any atom is 0.255 e. The Morgan fingerprint density at radius 1 is 1.14 bits per heavy atom. The molecule has 0 aromatic carbocycles. The predicted octanol–water partition coefficient (Wildman–Crippen LogP) is 0.671. The summed E-state index contributed by atoms with van der Waals surface area (Å²) in [6.45, 7) is 1.10. The first-order valence-electron chi connectivity index (χ1n) is 10.2. The van der Waals surface area contributed by atoms with Crippen molar-refractivity contribution in [3.05, 3.63) is 24.2 Å². The largest absolute Gasteiger partial charge is 0.335 e. The molecule has 152 valence electrons. The van der Waals surface area contributed by atoms with Gasteiger partial charge in [0.25, 0.3) is 5.91 Å². The van der Waals surface area contributed by atoms with Gasteiger partial charge < -0.3 is 19.3 Å².